The van der Waals surface area contributed by atoms with Crippen LogP contribution in [0.15, 0.2) is 81.6 Å². The summed E-state index contributed by atoms with van der Waals surface area (Å²) in [5.74, 6) is 5.94. The van der Waals surface area contributed by atoms with Gasteiger partial charge in [-0.1, -0.05) is 35.3 Å². The third-order valence-electron chi connectivity index (χ3n) is 8.66. The molecular formula is C38H36Cl2N10O10S2. The molecule has 0 spiro atoms. The van der Waals surface area contributed by atoms with Crippen LogP contribution in [-0.2, 0) is 23.8 Å². The Kier molecular flexibility index (Phi) is 16.1. The lowest BCUT2D eigenvalue weighted by Gasteiger charge is -2.23. The smallest absolute Gasteiger partial charge is 0.333 e. The van der Waals surface area contributed by atoms with Crippen molar-refractivity contribution in [3.8, 4) is 34.4 Å². The Balaban J connectivity index is 0.000000242. The first kappa shape index (κ1) is 47.0. The molecule has 6 rings (SSSR count). The number of aromatic hydroxyl groups is 1. The SMILES string of the molecule is [C-]#[N+]c1ccc(N[C@@H](c2nnc(-c3ccc(O)cc3)o2)[C@@H](C)O)c(C)c1Cl.[C-]#[N+]c1ccc(N[C@@H](c2nnc(-c3ccc(OSOON)cc3)o2)[C@@H](C)OS(N)(=O)=O)c(C)c1Cl. The third-order valence-corrected chi connectivity index (χ3v) is 10.6. The molecule has 0 saturated heterocycles. The van der Waals surface area contributed by atoms with Gasteiger partial charge in [0.05, 0.1) is 29.3 Å². The fourth-order valence-corrected chi connectivity index (χ4v) is 6.68. The second kappa shape index (κ2) is 21.2. The molecule has 0 unspecified atom stereocenters. The molecular weight excluding hydrogens is 892 g/mol. The molecule has 0 radical (unpaired) electrons. The second-order valence-electron chi connectivity index (χ2n) is 12.9. The van der Waals surface area contributed by atoms with Crippen LogP contribution in [0.1, 0.15) is 48.8 Å². The molecule has 0 fully saturated rings. The van der Waals surface area contributed by atoms with Crippen LogP contribution in [0.25, 0.3) is 32.6 Å². The lowest BCUT2D eigenvalue weighted by Crippen LogP contribution is -2.31. The summed E-state index contributed by atoms with van der Waals surface area (Å²) < 4.78 is 49.1. The quantitative estimate of drug-likeness (QED) is 0.0175. The van der Waals surface area contributed by atoms with Crippen molar-refractivity contribution in [2.24, 2.45) is 11.0 Å². The van der Waals surface area contributed by atoms with E-state index in [-0.39, 0.29) is 40.0 Å². The van der Waals surface area contributed by atoms with E-state index in [9.17, 15) is 18.6 Å². The highest BCUT2D eigenvalue weighted by Crippen LogP contribution is 2.37. The number of nitrogens with zero attached hydrogens (tertiary/aromatic N) is 6. The Morgan fingerprint density at radius 1 is 0.774 bits per heavy atom. The van der Waals surface area contributed by atoms with Crippen molar-refractivity contribution in [1.29, 1.82) is 0 Å². The molecule has 24 heteroatoms. The topological polar surface area (TPSA) is 274 Å². The van der Waals surface area contributed by atoms with Crippen molar-refractivity contribution >= 4 is 68.6 Å². The molecule has 4 aromatic carbocycles. The second-order valence-corrected chi connectivity index (χ2v) is 15.3. The largest absolute Gasteiger partial charge is 0.508 e. The van der Waals surface area contributed by atoms with Gasteiger partial charge >= 0.3 is 10.3 Å². The molecule has 2 aromatic heterocycles. The molecule has 0 aliphatic heterocycles. The summed E-state index contributed by atoms with van der Waals surface area (Å²) in [6, 6.07) is 17.7. The number of phenols is 1. The van der Waals surface area contributed by atoms with Gasteiger partial charge in [-0.15, -0.1) is 29.7 Å². The van der Waals surface area contributed by atoms with Gasteiger partial charge in [0, 0.05) is 22.5 Å². The summed E-state index contributed by atoms with van der Waals surface area (Å²) >= 11 is 13.0. The standard InChI is InChI=1S/C19H19ClN6O7S2.C19H17ClN4O3/c1-10-14(8-9-15(23-3)16(10)20)24-17(11(2)31-35(22,27)28)19-26-25-18(29-19)12-4-6-13(7-5-12)30-34-33-32-21;1-10-14(8-9-15(21-3)16(10)20)22-17(11(2)25)19-24-23-18(27-19)12-4-6-13(26)7-5-12/h4-9,11,17,24H,21H2,1-2H3,(H2,22,27,28);4-9,11,17,22,25-26H,1-2H3/t2*11-,17-/m11/s1. The third kappa shape index (κ3) is 12.1. The number of hydrogen-bond acceptors (Lipinski definition) is 18. The van der Waals surface area contributed by atoms with Crippen molar-refractivity contribution < 1.29 is 45.2 Å². The average Bonchev–Trinajstić information content (AvgIpc) is 3.93. The number of hydrogen-bond donors (Lipinski definition) is 6. The number of aliphatic hydroxyl groups is 1. The van der Waals surface area contributed by atoms with E-state index in [0.717, 1.165) is 0 Å². The Bertz CT molecular complexity index is 2670. The first-order chi connectivity index (χ1) is 29.5. The molecule has 8 N–H and O–H groups in total. The number of aliphatic hydroxyl groups excluding tert-OH is 1. The highest BCUT2D eigenvalue weighted by atomic mass is 35.5. The van der Waals surface area contributed by atoms with E-state index in [4.69, 9.17) is 64.6 Å². The lowest BCUT2D eigenvalue weighted by atomic mass is 10.1. The molecule has 4 atom stereocenters. The zero-order chi connectivity index (χ0) is 45.1. The minimum Gasteiger partial charge on any atom is -0.508 e. The van der Waals surface area contributed by atoms with Crippen LogP contribution in [0.4, 0.5) is 22.7 Å². The number of benzene rings is 4. The van der Waals surface area contributed by atoms with E-state index in [1.807, 2.05) is 0 Å². The molecule has 62 heavy (non-hydrogen) atoms. The zero-order valence-electron chi connectivity index (χ0n) is 32.8. The summed E-state index contributed by atoms with van der Waals surface area (Å²) in [6.45, 7) is 20.9. The number of aromatic nitrogens is 4. The Labute approximate surface area is 369 Å². The summed E-state index contributed by atoms with van der Waals surface area (Å²) in [5.41, 5.74) is 4.24. The molecule has 0 bridgehead atoms. The predicted molar refractivity (Wildman–Crippen MR) is 229 cm³/mol. The number of nitrogens with one attached hydrogen (secondary N) is 2. The van der Waals surface area contributed by atoms with Crippen molar-refractivity contribution in [3.63, 3.8) is 0 Å². The van der Waals surface area contributed by atoms with Crippen molar-refractivity contribution in [2.45, 2.75) is 52.0 Å². The number of rotatable bonds is 16. The minimum absolute atomic E-state index is 0.0188. The number of anilines is 2. The van der Waals surface area contributed by atoms with Crippen molar-refractivity contribution in [1.82, 2.24) is 20.4 Å². The van der Waals surface area contributed by atoms with Crippen LogP contribution in [0, 0.1) is 27.0 Å². The normalized spacial score (nSPS) is 13.1. The van der Waals surface area contributed by atoms with E-state index in [2.05, 4.69) is 50.0 Å². The zero-order valence-corrected chi connectivity index (χ0v) is 36.0. The fourth-order valence-electron chi connectivity index (χ4n) is 5.48. The maximum Gasteiger partial charge on any atom is 0.333 e. The Morgan fingerprint density at radius 2 is 1.24 bits per heavy atom. The van der Waals surface area contributed by atoms with Gasteiger partial charge in [-0.3, -0.25) is 4.18 Å². The van der Waals surface area contributed by atoms with Crippen molar-refractivity contribution in [3.05, 3.63) is 129 Å². The van der Waals surface area contributed by atoms with E-state index >= 15 is 0 Å². The van der Waals surface area contributed by atoms with Gasteiger partial charge < -0.3 is 33.9 Å². The first-order valence-corrected chi connectivity index (χ1v) is 20.6. The maximum absolute atomic E-state index is 11.6. The number of halogens is 2. The maximum atomic E-state index is 11.6. The average molecular weight is 928 g/mol. The molecule has 324 valence electrons. The molecule has 20 nitrogen and oxygen atoms in total. The van der Waals surface area contributed by atoms with Gasteiger partial charge in [0.25, 0.3) is 12.3 Å². The Morgan fingerprint density at radius 3 is 1.69 bits per heavy atom. The highest BCUT2D eigenvalue weighted by Gasteiger charge is 2.30. The summed E-state index contributed by atoms with van der Waals surface area (Å²) in [5, 5.41) is 47.6. The first-order valence-electron chi connectivity index (χ1n) is 17.7. The fraction of sp³-hybridized carbons (Fsp3) is 0.211. The number of nitrogens with two attached hydrogens (primary N) is 2. The molecule has 0 amide bonds. The van der Waals surface area contributed by atoms with E-state index in [1.165, 1.54) is 25.1 Å². The van der Waals surface area contributed by atoms with Gasteiger partial charge in [0.1, 0.15) is 29.7 Å². The van der Waals surface area contributed by atoms with Gasteiger partial charge in [-0.25, -0.2) is 14.8 Å². The lowest BCUT2D eigenvalue weighted by molar-refractivity contribution is -0.199. The van der Waals surface area contributed by atoms with E-state index in [1.54, 1.807) is 75.4 Å². The van der Waals surface area contributed by atoms with Crippen LogP contribution < -0.4 is 25.9 Å². The van der Waals surface area contributed by atoms with Crippen LogP contribution in [0.5, 0.6) is 11.5 Å². The van der Waals surface area contributed by atoms with Gasteiger partial charge in [0.15, 0.2) is 0 Å². The van der Waals surface area contributed by atoms with Crippen LogP contribution in [0.3, 0.4) is 0 Å². The van der Waals surface area contributed by atoms with E-state index < -0.39 is 34.6 Å². The molecule has 2 heterocycles. The summed E-state index contributed by atoms with van der Waals surface area (Å²) in [6.07, 6.45) is -1.90. The van der Waals surface area contributed by atoms with Gasteiger partial charge in [-0.05, 0) is 99.5 Å². The summed E-state index contributed by atoms with van der Waals surface area (Å²) in [4.78, 5) is 10.6. The Hall–Kier alpha value is -6.02. The highest BCUT2D eigenvalue weighted by molar-refractivity contribution is 7.90. The van der Waals surface area contributed by atoms with Gasteiger partial charge in [-0.2, -0.15) is 14.3 Å². The molecule has 0 aliphatic carbocycles. The molecule has 6 aromatic rings. The van der Waals surface area contributed by atoms with Crippen LogP contribution in [-0.4, -0.2) is 51.2 Å². The minimum atomic E-state index is -4.30. The van der Waals surface area contributed by atoms with Crippen LogP contribution in [0.2, 0.25) is 10.0 Å². The monoisotopic (exact) mass is 926 g/mol. The molecule has 0 aliphatic rings. The van der Waals surface area contributed by atoms with Crippen molar-refractivity contribution in [2.75, 3.05) is 10.6 Å². The summed E-state index contributed by atoms with van der Waals surface area (Å²) in [7, 11) is -4.30. The van der Waals surface area contributed by atoms with Gasteiger partial charge in [0.2, 0.25) is 34.9 Å². The molecule has 0 saturated carbocycles. The van der Waals surface area contributed by atoms with E-state index in [0.29, 0.717) is 62.4 Å². The van der Waals surface area contributed by atoms with Crippen LogP contribution >= 0.6 is 35.5 Å². The number of phenolic OH excluding ortho intramolecular Hbond substituents is 1. The predicted octanol–water partition coefficient (Wildman–Crippen LogP) is 8.26.